The molecular weight excluding hydrogens is 234 g/mol. The van der Waals surface area contributed by atoms with Crippen molar-refractivity contribution in [3.63, 3.8) is 0 Å². The maximum absolute atomic E-state index is 12.1. The van der Waals surface area contributed by atoms with Gasteiger partial charge in [0.2, 0.25) is 0 Å². The maximum atomic E-state index is 12.1. The average molecular weight is 253 g/mol. The van der Waals surface area contributed by atoms with Gasteiger partial charge in [-0.1, -0.05) is 0 Å². The van der Waals surface area contributed by atoms with Crippen molar-refractivity contribution < 1.29 is 4.79 Å². The largest absolute Gasteiger partial charge is 0.397 e. The summed E-state index contributed by atoms with van der Waals surface area (Å²) in [6.07, 6.45) is 6.20. The lowest BCUT2D eigenvalue weighted by Gasteiger charge is -2.13. The van der Waals surface area contributed by atoms with Gasteiger partial charge < -0.3 is 15.6 Å². The van der Waals surface area contributed by atoms with Gasteiger partial charge in [-0.15, -0.1) is 0 Å². The third-order valence-corrected chi connectivity index (χ3v) is 3.67. The Morgan fingerprint density at radius 1 is 1.71 bits per heavy atom. The Hall–Kier alpha value is -1.10. The van der Waals surface area contributed by atoms with Gasteiger partial charge in [0.1, 0.15) is 5.69 Å². The second-order valence-electron chi connectivity index (χ2n) is 4.63. The number of nitrogens with zero attached hydrogens (tertiary/aromatic N) is 1. The molecule has 0 aliphatic heterocycles. The molecular formula is C12H19N3OS. The van der Waals surface area contributed by atoms with E-state index >= 15 is 0 Å². The quantitative estimate of drug-likeness (QED) is 0.842. The molecule has 94 valence electrons. The number of nitrogens with one attached hydrogen (secondary N) is 1. The standard InChI is InChI=1S/C12H19N3OS/c1-8(7-17-2)14-12(16)11-5-9(13)6-15(11)10-3-4-10/h5-6,8,10H,3-4,7,13H2,1-2H3,(H,14,16). The molecule has 1 atom stereocenters. The predicted octanol–water partition coefficient (Wildman–Crippen LogP) is 1.89. The van der Waals surface area contributed by atoms with Crippen LogP contribution in [0.4, 0.5) is 5.69 Å². The topological polar surface area (TPSA) is 60.1 Å². The number of carbonyl (C=O) groups excluding carboxylic acids is 1. The van der Waals surface area contributed by atoms with Gasteiger partial charge in [-0.3, -0.25) is 4.79 Å². The summed E-state index contributed by atoms with van der Waals surface area (Å²) in [5.74, 6) is 0.904. The van der Waals surface area contributed by atoms with Crippen LogP contribution in [-0.4, -0.2) is 28.5 Å². The number of nitrogens with two attached hydrogens (primary N) is 1. The van der Waals surface area contributed by atoms with Crippen LogP contribution in [-0.2, 0) is 0 Å². The number of amides is 1. The van der Waals surface area contributed by atoms with Crippen LogP contribution in [0.15, 0.2) is 12.3 Å². The van der Waals surface area contributed by atoms with E-state index < -0.39 is 0 Å². The number of carbonyl (C=O) groups is 1. The Morgan fingerprint density at radius 2 is 2.41 bits per heavy atom. The minimum atomic E-state index is -0.0184. The van der Waals surface area contributed by atoms with Crippen LogP contribution in [0.25, 0.3) is 0 Å². The fraction of sp³-hybridized carbons (Fsp3) is 0.583. The van der Waals surface area contributed by atoms with Crippen molar-refractivity contribution in [3.8, 4) is 0 Å². The summed E-state index contributed by atoms with van der Waals surface area (Å²) in [5.41, 5.74) is 7.13. The summed E-state index contributed by atoms with van der Waals surface area (Å²) in [5, 5.41) is 3.00. The van der Waals surface area contributed by atoms with E-state index in [0.29, 0.717) is 17.4 Å². The van der Waals surface area contributed by atoms with Crippen molar-refractivity contribution >= 4 is 23.4 Å². The minimum absolute atomic E-state index is 0.0184. The predicted molar refractivity (Wildman–Crippen MR) is 72.4 cm³/mol. The highest BCUT2D eigenvalue weighted by molar-refractivity contribution is 7.98. The molecule has 4 nitrogen and oxygen atoms in total. The Morgan fingerprint density at radius 3 is 3.00 bits per heavy atom. The van der Waals surface area contributed by atoms with Crippen LogP contribution in [0, 0.1) is 0 Å². The van der Waals surface area contributed by atoms with E-state index in [4.69, 9.17) is 5.73 Å². The zero-order chi connectivity index (χ0) is 12.4. The lowest BCUT2D eigenvalue weighted by Crippen LogP contribution is -2.35. The summed E-state index contributed by atoms with van der Waals surface area (Å²) < 4.78 is 2.01. The molecule has 0 bridgehead atoms. The maximum Gasteiger partial charge on any atom is 0.268 e. The summed E-state index contributed by atoms with van der Waals surface area (Å²) in [6, 6.07) is 2.42. The summed E-state index contributed by atoms with van der Waals surface area (Å²) in [7, 11) is 0. The molecule has 1 aliphatic rings. The van der Waals surface area contributed by atoms with E-state index in [1.165, 1.54) is 0 Å². The first kappa shape index (κ1) is 12.4. The fourth-order valence-electron chi connectivity index (χ4n) is 1.93. The van der Waals surface area contributed by atoms with Crippen LogP contribution in [0.5, 0.6) is 0 Å². The van der Waals surface area contributed by atoms with E-state index in [-0.39, 0.29) is 11.9 Å². The van der Waals surface area contributed by atoms with Gasteiger partial charge in [-0.2, -0.15) is 11.8 Å². The number of thioether (sulfide) groups is 1. The number of hydrogen-bond acceptors (Lipinski definition) is 3. The summed E-state index contributed by atoms with van der Waals surface area (Å²) in [6.45, 7) is 2.02. The molecule has 1 saturated carbocycles. The number of nitrogen functional groups attached to an aromatic ring is 1. The SMILES string of the molecule is CSCC(C)NC(=O)c1cc(N)cn1C1CC1. The molecule has 1 amide bonds. The summed E-state index contributed by atoms with van der Waals surface area (Å²) in [4.78, 5) is 12.1. The molecule has 0 saturated heterocycles. The van der Waals surface area contributed by atoms with Crippen molar-refractivity contribution in [3.05, 3.63) is 18.0 Å². The lowest BCUT2D eigenvalue weighted by molar-refractivity contribution is 0.0934. The number of hydrogen-bond donors (Lipinski definition) is 2. The molecule has 1 unspecified atom stereocenters. The molecule has 1 fully saturated rings. The Labute approximate surface area is 106 Å². The van der Waals surface area contributed by atoms with Gasteiger partial charge in [0, 0.05) is 24.0 Å². The number of rotatable bonds is 5. The molecule has 0 aromatic carbocycles. The van der Waals surface area contributed by atoms with E-state index in [0.717, 1.165) is 18.6 Å². The number of anilines is 1. The van der Waals surface area contributed by atoms with E-state index in [2.05, 4.69) is 5.32 Å². The highest BCUT2D eigenvalue weighted by Gasteiger charge is 2.27. The molecule has 3 N–H and O–H groups in total. The van der Waals surface area contributed by atoms with Gasteiger partial charge in [-0.05, 0) is 32.1 Å². The first-order chi connectivity index (χ1) is 8.11. The molecule has 2 rings (SSSR count). The second-order valence-corrected chi connectivity index (χ2v) is 5.54. The van der Waals surface area contributed by atoms with Gasteiger partial charge in [0.15, 0.2) is 0 Å². The molecule has 0 radical (unpaired) electrons. The molecule has 17 heavy (non-hydrogen) atoms. The van der Waals surface area contributed by atoms with Gasteiger partial charge in [-0.25, -0.2) is 0 Å². The normalized spacial score (nSPS) is 16.8. The summed E-state index contributed by atoms with van der Waals surface area (Å²) >= 11 is 1.73. The van der Waals surface area contributed by atoms with E-state index in [9.17, 15) is 4.79 Å². The first-order valence-corrected chi connectivity index (χ1v) is 7.28. The molecule has 1 aliphatic carbocycles. The first-order valence-electron chi connectivity index (χ1n) is 5.89. The van der Waals surface area contributed by atoms with Crippen LogP contribution in [0.3, 0.4) is 0 Å². The van der Waals surface area contributed by atoms with E-state index in [1.807, 2.05) is 23.9 Å². The van der Waals surface area contributed by atoms with Gasteiger partial charge in [0.05, 0.1) is 5.69 Å². The molecule has 0 spiro atoms. The molecule has 5 heteroatoms. The highest BCUT2D eigenvalue weighted by atomic mass is 32.2. The number of aromatic nitrogens is 1. The third kappa shape index (κ3) is 2.97. The highest BCUT2D eigenvalue weighted by Crippen LogP contribution is 2.37. The van der Waals surface area contributed by atoms with Crippen molar-refractivity contribution in [2.75, 3.05) is 17.7 Å². The third-order valence-electron chi connectivity index (χ3n) is 2.84. The van der Waals surface area contributed by atoms with Gasteiger partial charge in [0.25, 0.3) is 5.91 Å². The average Bonchev–Trinajstić information content (AvgIpc) is 3.02. The molecule has 1 heterocycles. The Balaban J connectivity index is 2.07. The van der Waals surface area contributed by atoms with Crippen LogP contribution < -0.4 is 11.1 Å². The monoisotopic (exact) mass is 253 g/mol. The smallest absolute Gasteiger partial charge is 0.268 e. The van der Waals surface area contributed by atoms with E-state index in [1.54, 1.807) is 17.8 Å². The molecule has 1 aromatic rings. The van der Waals surface area contributed by atoms with Crippen molar-refractivity contribution in [2.45, 2.75) is 31.8 Å². The second kappa shape index (κ2) is 5.04. The van der Waals surface area contributed by atoms with Crippen molar-refractivity contribution in [2.24, 2.45) is 0 Å². The van der Waals surface area contributed by atoms with Crippen LogP contribution in [0.1, 0.15) is 36.3 Å². The molecule has 1 aromatic heterocycles. The van der Waals surface area contributed by atoms with Crippen molar-refractivity contribution in [1.82, 2.24) is 9.88 Å². The Kier molecular flexibility index (Phi) is 3.66. The van der Waals surface area contributed by atoms with Crippen molar-refractivity contribution in [1.29, 1.82) is 0 Å². The zero-order valence-corrected chi connectivity index (χ0v) is 11.1. The minimum Gasteiger partial charge on any atom is -0.397 e. The van der Waals surface area contributed by atoms with Crippen LogP contribution in [0.2, 0.25) is 0 Å². The zero-order valence-electron chi connectivity index (χ0n) is 10.3. The van der Waals surface area contributed by atoms with Crippen LogP contribution >= 0.6 is 11.8 Å². The lowest BCUT2D eigenvalue weighted by atomic mass is 10.3. The van der Waals surface area contributed by atoms with Gasteiger partial charge >= 0.3 is 0 Å². The fourth-order valence-corrected chi connectivity index (χ4v) is 2.51. The Bertz CT molecular complexity index is 412.